The van der Waals surface area contributed by atoms with Gasteiger partial charge in [-0.05, 0) is 65.7 Å². The van der Waals surface area contributed by atoms with E-state index in [-0.39, 0.29) is 39.7 Å². The van der Waals surface area contributed by atoms with Crippen molar-refractivity contribution in [2.24, 2.45) is 0 Å². The van der Waals surface area contributed by atoms with Crippen molar-refractivity contribution >= 4 is 53.2 Å². The van der Waals surface area contributed by atoms with Gasteiger partial charge in [0.2, 0.25) is 0 Å². The minimum atomic E-state index is 0. The summed E-state index contributed by atoms with van der Waals surface area (Å²) < 4.78 is 0. The Bertz CT molecular complexity index is 1950. The molecule has 2 radical (unpaired) electrons. The van der Waals surface area contributed by atoms with Gasteiger partial charge in [-0.1, -0.05) is 138 Å². The molecule has 0 bridgehead atoms. The summed E-state index contributed by atoms with van der Waals surface area (Å²) in [5.41, 5.74) is 12.7. The normalized spacial score (nSPS) is 14.3. The van der Waals surface area contributed by atoms with Crippen LogP contribution in [-0.4, -0.2) is 6.88 Å². The molecule has 0 saturated heterocycles. The average molecular weight is 839 g/mol. The van der Waals surface area contributed by atoms with Crippen molar-refractivity contribution < 1.29 is 23.3 Å². The molecular formula is C49H60Cl2SiZr-4. The molecule has 282 valence electrons. The molecule has 0 nitrogen and oxygen atoms in total. The monoisotopic (exact) mass is 836 g/mol. The van der Waals surface area contributed by atoms with Crippen LogP contribution in [0.1, 0.15) is 124 Å². The molecule has 0 unspecified atom stereocenters. The molecule has 0 heterocycles. The molecule has 8 rings (SSSR count). The first kappa shape index (κ1) is 46.9. The van der Waals surface area contributed by atoms with Crippen LogP contribution < -0.4 is 0 Å². The third-order valence-corrected chi connectivity index (χ3v) is 11.3. The van der Waals surface area contributed by atoms with E-state index in [1.807, 2.05) is 0 Å². The van der Waals surface area contributed by atoms with Crippen LogP contribution in [0.3, 0.4) is 0 Å². The molecule has 2 fully saturated rings. The van der Waals surface area contributed by atoms with Gasteiger partial charge in [-0.15, -0.1) is 93.4 Å². The Hall–Kier alpha value is -2.22. The molecule has 53 heavy (non-hydrogen) atoms. The number of hydrogen-bond acceptors (Lipinski definition) is 0. The average Bonchev–Trinajstić information content (AvgIpc) is 3.79. The zero-order valence-electron chi connectivity index (χ0n) is 32.9. The third kappa shape index (κ3) is 11.2. The molecule has 4 heteroatoms. The molecule has 2 aliphatic rings. The van der Waals surface area contributed by atoms with Gasteiger partial charge in [0.25, 0.3) is 0 Å². The minimum absolute atomic E-state index is 0. The second-order valence-corrected chi connectivity index (χ2v) is 15.0. The van der Waals surface area contributed by atoms with Crippen LogP contribution in [-0.2, 0) is 23.3 Å². The summed E-state index contributed by atoms with van der Waals surface area (Å²) in [5.74, 6) is 2.16. The summed E-state index contributed by atoms with van der Waals surface area (Å²) in [4.78, 5) is 0. The van der Waals surface area contributed by atoms with Gasteiger partial charge < -0.3 is 14.9 Å². The van der Waals surface area contributed by atoms with Crippen LogP contribution in [0.4, 0.5) is 0 Å². The van der Waals surface area contributed by atoms with Gasteiger partial charge in [-0.2, -0.15) is 12.1 Å². The Morgan fingerprint density at radius 3 is 1.57 bits per heavy atom. The number of hydrogen-bond donors (Lipinski definition) is 0. The van der Waals surface area contributed by atoms with Gasteiger partial charge in [-0.3, -0.25) is 0 Å². The molecule has 0 N–H and O–H groups in total. The van der Waals surface area contributed by atoms with Crippen molar-refractivity contribution in [3.05, 3.63) is 146 Å². The van der Waals surface area contributed by atoms with Crippen molar-refractivity contribution in [3.8, 4) is 22.3 Å². The maximum absolute atomic E-state index is 3.06. The Morgan fingerprint density at radius 2 is 1.08 bits per heavy atom. The fraction of sp³-hybridized carbons (Fsp3) is 0.347. The number of halogens is 2. The zero-order chi connectivity index (χ0) is 34.3. The predicted molar refractivity (Wildman–Crippen MR) is 238 cm³/mol. The van der Waals surface area contributed by atoms with Crippen LogP contribution in [0.15, 0.2) is 103 Å². The first-order valence-electron chi connectivity index (χ1n) is 18.8. The SMILES string of the molecule is CC(C)c1cc2c(-c3ccc(C4CCCCC4)cc3)cccc2[cH-]1.Cc1cc2c(-c3ccc(C4CCCCC4)cc3)ccc(C)c2[cH-]1.Cl.Cl.[CH3-].[CH3-].[Si]=[Zr]. The van der Waals surface area contributed by atoms with E-state index in [0.717, 1.165) is 11.8 Å². The van der Waals surface area contributed by atoms with Gasteiger partial charge in [0.05, 0.1) is 0 Å². The third-order valence-electron chi connectivity index (χ3n) is 11.3. The molecule has 6 aromatic carbocycles. The number of benzene rings is 4. The van der Waals surface area contributed by atoms with Crippen molar-refractivity contribution in [1.82, 2.24) is 0 Å². The first-order chi connectivity index (χ1) is 23.9. The summed E-state index contributed by atoms with van der Waals surface area (Å²) in [6, 6.07) is 39.4. The van der Waals surface area contributed by atoms with E-state index in [4.69, 9.17) is 0 Å². The van der Waals surface area contributed by atoms with Crippen molar-refractivity contribution in [2.75, 3.05) is 0 Å². The Morgan fingerprint density at radius 1 is 0.585 bits per heavy atom. The molecule has 6 aromatic rings. The van der Waals surface area contributed by atoms with E-state index in [2.05, 4.69) is 138 Å². The molecule has 2 aliphatic carbocycles. The van der Waals surface area contributed by atoms with Crippen LogP contribution in [0.25, 0.3) is 43.8 Å². The van der Waals surface area contributed by atoms with Gasteiger partial charge in [0, 0.05) is 0 Å². The second kappa shape index (κ2) is 22.4. The summed E-state index contributed by atoms with van der Waals surface area (Å²) in [7, 11) is 0. The van der Waals surface area contributed by atoms with Crippen molar-refractivity contribution in [1.29, 1.82) is 0 Å². The Balaban J connectivity index is 0.000000327. The summed E-state index contributed by atoms with van der Waals surface area (Å²) in [6.45, 7) is 12.0. The topological polar surface area (TPSA) is 0 Å². The molecule has 0 amide bonds. The maximum atomic E-state index is 3.06. The van der Waals surface area contributed by atoms with E-state index < -0.39 is 0 Å². The van der Waals surface area contributed by atoms with E-state index in [0.29, 0.717) is 5.92 Å². The Labute approximate surface area is 351 Å². The molecule has 0 atom stereocenters. The fourth-order valence-corrected chi connectivity index (χ4v) is 8.43. The predicted octanol–water partition coefficient (Wildman–Crippen LogP) is 15.6. The quantitative estimate of drug-likeness (QED) is 0.120. The molecular weight excluding hydrogens is 779 g/mol. The van der Waals surface area contributed by atoms with Crippen molar-refractivity contribution in [3.63, 3.8) is 0 Å². The molecule has 2 saturated carbocycles. The summed E-state index contributed by atoms with van der Waals surface area (Å²) in [6.07, 6.45) is 13.9. The first-order valence-corrected chi connectivity index (χ1v) is 22.9. The van der Waals surface area contributed by atoms with Crippen LogP contribution in [0.2, 0.25) is 0 Å². The van der Waals surface area contributed by atoms with Gasteiger partial charge in [0.1, 0.15) is 0 Å². The van der Waals surface area contributed by atoms with Crippen LogP contribution in [0, 0.1) is 28.7 Å². The standard InChI is InChI=1S/C24H27.C23H25.2CH3.2ClH.Si.Zr/c1-17(2)22-15-21-9-6-10-23(24(21)16-22)20-13-11-19(12-14-20)18-7-4-3-5-8-18;1-16-14-22-17(2)8-13-21(23(22)15-16)20-11-9-19(10-12-20)18-6-4-3-5-7-18;;;;;;/h6,9-18H,3-5,7-8H2,1-2H3;8-15,18H,3-7H2,1-2H3;2*1H3;2*1H;;/q4*-1;;;;. The fourth-order valence-electron chi connectivity index (χ4n) is 8.43. The van der Waals surface area contributed by atoms with Gasteiger partial charge in [0.15, 0.2) is 0 Å². The summed E-state index contributed by atoms with van der Waals surface area (Å²) in [5, 5.41) is 5.56. The Kier molecular flexibility index (Phi) is 19.8. The van der Waals surface area contributed by atoms with E-state index in [9.17, 15) is 0 Å². The van der Waals surface area contributed by atoms with E-state index >= 15 is 0 Å². The van der Waals surface area contributed by atoms with Gasteiger partial charge >= 0.3 is 30.2 Å². The number of rotatable bonds is 5. The number of aryl methyl sites for hydroxylation is 2. The zero-order valence-corrected chi connectivity index (χ0v) is 38.0. The van der Waals surface area contributed by atoms with E-state index in [1.54, 1.807) is 0 Å². The molecule has 0 spiro atoms. The van der Waals surface area contributed by atoms with Crippen LogP contribution in [0.5, 0.6) is 0 Å². The van der Waals surface area contributed by atoms with Crippen LogP contribution >= 0.6 is 24.8 Å². The summed E-state index contributed by atoms with van der Waals surface area (Å²) >= 11 is 1.36. The van der Waals surface area contributed by atoms with E-state index in [1.165, 1.54) is 159 Å². The molecule has 0 aliphatic heterocycles. The number of fused-ring (bicyclic) bond motifs is 2. The van der Waals surface area contributed by atoms with Gasteiger partial charge in [-0.25, -0.2) is 0 Å². The molecule has 0 aromatic heterocycles. The van der Waals surface area contributed by atoms with Crippen molar-refractivity contribution in [2.45, 2.75) is 110 Å². The second-order valence-electron chi connectivity index (χ2n) is 15.0.